The highest BCUT2D eigenvalue weighted by Gasteiger charge is 2.14. The van der Waals surface area contributed by atoms with E-state index < -0.39 is 0 Å². The van der Waals surface area contributed by atoms with Crippen LogP contribution in [0.5, 0.6) is 0 Å². The SMILES string of the molecule is CCCCCCCCCCCCCC[N+](C)(C)C/C=C/C[N+](C)(C)CCCCCCCCCCCCCC.[Cl-].[Cl-]. The van der Waals surface area contributed by atoms with Gasteiger partial charge in [-0.1, -0.05) is 142 Å². The predicted octanol–water partition coefficient (Wildman–Crippen LogP) is 5.11. The van der Waals surface area contributed by atoms with Crippen LogP contribution >= 0.6 is 0 Å². The summed E-state index contributed by atoms with van der Waals surface area (Å²) in [6.45, 7) is 9.60. The second-order valence-corrected chi connectivity index (χ2v) is 13.9. The Morgan fingerprint density at radius 1 is 0.325 bits per heavy atom. The van der Waals surface area contributed by atoms with E-state index in [1.165, 1.54) is 180 Å². The summed E-state index contributed by atoms with van der Waals surface area (Å²) >= 11 is 0. The Morgan fingerprint density at radius 3 is 0.750 bits per heavy atom. The fourth-order valence-electron chi connectivity index (χ4n) is 5.66. The second kappa shape index (κ2) is 32.2. The Kier molecular flexibility index (Phi) is 35.9. The van der Waals surface area contributed by atoms with Crippen LogP contribution in [-0.4, -0.2) is 63.3 Å². The molecular weight excluding hydrogens is 531 g/mol. The topological polar surface area (TPSA) is 0 Å². The molecule has 0 amide bonds. The van der Waals surface area contributed by atoms with Gasteiger partial charge >= 0.3 is 0 Å². The summed E-state index contributed by atoms with van der Waals surface area (Å²) in [4.78, 5) is 0. The zero-order valence-corrected chi connectivity index (χ0v) is 30.1. The predicted molar refractivity (Wildman–Crippen MR) is 175 cm³/mol. The van der Waals surface area contributed by atoms with Crippen molar-refractivity contribution in [3.63, 3.8) is 0 Å². The van der Waals surface area contributed by atoms with Crippen molar-refractivity contribution in [3.05, 3.63) is 12.2 Å². The number of hydrogen-bond acceptors (Lipinski definition) is 0. The van der Waals surface area contributed by atoms with Crippen molar-refractivity contribution in [1.29, 1.82) is 0 Å². The van der Waals surface area contributed by atoms with E-state index in [4.69, 9.17) is 0 Å². The lowest BCUT2D eigenvalue weighted by Gasteiger charge is -2.30. The normalized spacial score (nSPS) is 12.1. The van der Waals surface area contributed by atoms with Gasteiger partial charge in [-0.15, -0.1) is 0 Å². The molecule has 0 aliphatic rings. The van der Waals surface area contributed by atoms with Crippen LogP contribution in [0.25, 0.3) is 0 Å². The first-order chi connectivity index (χ1) is 18.3. The Labute approximate surface area is 267 Å². The molecule has 40 heavy (non-hydrogen) atoms. The minimum atomic E-state index is 0. The first-order valence-electron chi connectivity index (χ1n) is 17.6. The molecule has 0 bridgehead atoms. The zero-order valence-electron chi connectivity index (χ0n) is 28.6. The van der Waals surface area contributed by atoms with Crippen molar-refractivity contribution in [3.8, 4) is 0 Å². The summed E-state index contributed by atoms with van der Waals surface area (Å²) < 4.78 is 2.28. The molecule has 0 saturated carbocycles. The number of rotatable bonds is 30. The standard InChI is InChI=1S/C36H76N2.2ClH/c1-7-9-11-13-15-17-19-21-23-25-27-29-33-37(3,4)35-31-32-36-38(5,6)34-30-28-26-24-22-20-18-16-14-12-10-8-2;;/h31-32H,7-30,33-36H2,1-6H3;2*1H/q+2;;/p-2/b32-31+;;. The molecule has 0 rings (SSSR count). The molecule has 4 heteroatoms. The van der Waals surface area contributed by atoms with Crippen molar-refractivity contribution in [2.24, 2.45) is 0 Å². The van der Waals surface area contributed by atoms with Gasteiger partial charge in [-0.2, -0.15) is 0 Å². The van der Waals surface area contributed by atoms with E-state index in [0.29, 0.717) is 0 Å². The smallest absolute Gasteiger partial charge is 0.0971 e. The van der Waals surface area contributed by atoms with Crippen LogP contribution in [0.3, 0.4) is 0 Å². The maximum absolute atomic E-state index is 2.46. The number of hydrogen-bond donors (Lipinski definition) is 0. The third kappa shape index (κ3) is 34.4. The molecule has 0 saturated heterocycles. The third-order valence-corrected chi connectivity index (χ3v) is 8.60. The largest absolute Gasteiger partial charge is 1.00 e. The maximum atomic E-state index is 2.46. The molecule has 0 aliphatic heterocycles. The number of nitrogens with zero attached hydrogens (tertiary/aromatic N) is 2. The molecule has 0 aromatic rings. The Morgan fingerprint density at radius 2 is 0.525 bits per heavy atom. The van der Waals surface area contributed by atoms with E-state index in [0.717, 1.165) is 8.97 Å². The fourth-order valence-corrected chi connectivity index (χ4v) is 5.66. The Balaban J connectivity index is -0.00000684. The highest BCUT2D eigenvalue weighted by molar-refractivity contribution is 4.81. The van der Waals surface area contributed by atoms with Crippen molar-refractivity contribution >= 4 is 0 Å². The van der Waals surface area contributed by atoms with E-state index in [1.54, 1.807) is 0 Å². The molecule has 0 N–H and O–H groups in total. The Bertz CT molecular complexity index is 461. The molecular formula is C36H76Cl2N2. The molecule has 0 unspecified atom stereocenters. The monoisotopic (exact) mass is 607 g/mol. The molecule has 0 fully saturated rings. The van der Waals surface area contributed by atoms with E-state index in [9.17, 15) is 0 Å². The van der Waals surface area contributed by atoms with Crippen molar-refractivity contribution < 1.29 is 33.8 Å². The molecule has 0 spiro atoms. The average molecular weight is 608 g/mol. The van der Waals surface area contributed by atoms with Crippen LogP contribution in [0.15, 0.2) is 12.2 Å². The van der Waals surface area contributed by atoms with Crippen LogP contribution in [-0.2, 0) is 0 Å². The summed E-state index contributed by atoms with van der Waals surface area (Å²) in [5.41, 5.74) is 0. The highest BCUT2D eigenvalue weighted by Crippen LogP contribution is 2.14. The number of likely N-dealkylation sites (N-methyl/N-ethyl adjacent to an activating group) is 2. The van der Waals surface area contributed by atoms with Crippen LogP contribution < -0.4 is 24.8 Å². The van der Waals surface area contributed by atoms with Gasteiger partial charge in [-0.05, 0) is 37.8 Å². The first kappa shape index (κ1) is 44.7. The van der Waals surface area contributed by atoms with Gasteiger partial charge in [0.1, 0.15) is 0 Å². The second-order valence-electron chi connectivity index (χ2n) is 13.9. The number of halogens is 2. The summed E-state index contributed by atoms with van der Waals surface area (Å²) in [6.07, 6.45) is 39.5. The van der Waals surface area contributed by atoms with E-state index in [-0.39, 0.29) is 24.8 Å². The molecule has 0 aromatic carbocycles. The molecule has 0 aromatic heterocycles. The van der Waals surface area contributed by atoms with Crippen LogP contribution in [0.2, 0.25) is 0 Å². The van der Waals surface area contributed by atoms with Crippen molar-refractivity contribution in [2.75, 3.05) is 54.4 Å². The number of quaternary nitrogens is 2. The van der Waals surface area contributed by atoms with Crippen LogP contribution in [0, 0.1) is 0 Å². The molecule has 2 nitrogen and oxygen atoms in total. The van der Waals surface area contributed by atoms with Gasteiger partial charge in [0, 0.05) is 0 Å². The minimum absolute atomic E-state index is 0. The molecule has 0 atom stereocenters. The molecule has 0 radical (unpaired) electrons. The van der Waals surface area contributed by atoms with Crippen molar-refractivity contribution in [1.82, 2.24) is 0 Å². The van der Waals surface area contributed by atoms with Gasteiger partial charge in [0.05, 0.1) is 54.4 Å². The van der Waals surface area contributed by atoms with Gasteiger partial charge < -0.3 is 33.8 Å². The highest BCUT2D eigenvalue weighted by atomic mass is 35.5. The first-order valence-corrected chi connectivity index (χ1v) is 17.6. The van der Waals surface area contributed by atoms with Gasteiger partial charge in [0.2, 0.25) is 0 Å². The summed E-state index contributed by atoms with van der Waals surface area (Å²) in [5.74, 6) is 0. The van der Waals surface area contributed by atoms with E-state index >= 15 is 0 Å². The molecule has 0 heterocycles. The van der Waals surface area contributed by atoms with Gasteiger partial charge in [-0.3, -0.25) is 0 Å². The summed E-state index contributed by atoms with van der Waals surface area (Å²) in [6, 6.07) is 0. The van der Waals surface area contributed by atoms with E-state index in [2.05, 4.69) is 54.2 Å². The summed E-state index contributed by atoms with van der Waals surface area (Å²) in [5, 5.41) is 0. The molecule has 0 aliphatic carbocycles. The van der Waals surface area contributed by atoms with E-state index in [1.807, 2.05) is 0 Å². The van der Waals surface area contributed by atoms with Gasteiger partial charge in [0.15, 0.2) is 0 Å². The number of unbranched alkanes of at least 4 members (excludes halogenated alkanes) is 22. The maximum Gasteiger partial charge on any atom is 0.0971 e. The molecule has 244 valence electrons. The average Bonchev–Trinajstić information content (AvgIpc) is 2.88. The van der Waals surface area contributed by atoms with Gasteiger partial charge in [-0.25, -0.2) is 0 Å². The lowest BCUT2D eigenvalue weighted by molar-refractivity contribution is -0.887. The quantitative estimate of drug-likeness (QED) is 0.0606. The third-order valence-electron chi connectivity index (χ3n) is 8.60. The summed E-state index contributed by atoms with van der Waals surface area (Å²) in [7, 11) is 9.65. The van der Waals surface area contributed by atoms with Gasteiger partial charge in [0.25, 0.3) is 0 Å². The Hall–Kier alpha value is 0.240. The zero-order chi connectivity index (χ0) is 28.2. The van der Waals surface area contributed by atoms with Crippen molar-refractivity contribution in [2.45, 2.75) is 168 Å². The minimum Gasteiger partial charge on any atom is -1.00 e. The van der Waals surface area contributed by atoms with Crippen LogP contribution in [0.4, 0.5) is 0 Å². The van der Waals surface area contributed by atoms with Crippen LogP contribution in [0.1, 0.15) is 168 Å². The lowest BCUT2D eigenvalue weighted by Crippen LogP contribution is -3.00. The fraction of sp³-hybridized carbons (Fsp3) is 0.944. The lowest BCUT2D eigenvalue weighted by atomic mass is 10.1.